The molecule has 0 radical (unpaired) electrons. The molecule has 0 saturated carbocycles. The van der Waals surface area contributed by atoms with Gasteiger partial charge in [-0.2, -0.15) is 13.2 Å². The van der Waals surface area contributed by atoms with Crippen LogP contribution in [0.5, 0.6) is 0 Å². The Hall–Kier alpha value is -1.64. The zero-order valence-corrected chi connectivity index (χ0v) is 8.81. The lowest BCUT2D eigenvalue weighted by atomic mass is 9.99. The second-order valence-corrected chi connectivity index (χ2v) is 3.35. The fraction of sp³-hybridized carbons (Fsp3) is 0.500. The minimum Gasteiger partial charge on any atom is -0.542 e. The summed E-state index contributed by atoms with van der Waals surface area (Å²) in [6.45, 7) is 4.30. The molecule has 5 nitrogen and oxygen atoms in total. The van der Waals surface area contributed by atoms with Gasteiger partial charge >= 0.3 is 12.1 Å². The Kier molecular flexibility index (Phi) is 6.45. The molecule has 4 N–H and O–H groups in total. The zero-order valence-electron chi connectivity index (χ0n) is 8.81. The van der Waals surface area contributed by atoms with Crippen molar-refractivity contribution in [1.82, 2.24) is 0 Å². The van der Waals surface area contributed by atoms with Gasteiger partial charge in [0.25, 0.3) is 0 Å². The molecule has 0 spiro atoms. The monoisotopic (exact) mass is 261 g/mol. The normalized spacial score (nSPS) is 14.0. The van der Waals surface area contributed by atoms with Crippen molar-refractivity contribution in [2.75, 3.05) is 0 Å². The summed E-state index contributed by atoms with van der Waals surface area (Å²) in [6.07, 6.45) is -5.43. The number of hydrogen-bond donors (Lipinski definition) is 2. The summed E-state index contributed by atoms with van der Waals surface area (Å²) in [7, 11) is 0. The molecule has 0 fully saturated rings. The summed E-state index contributed by atoms with van der Waals surface area (Å²) >= 11 is 0. The minimum atomic E-state index is -5.19. The Morgan fingerprint density at radius 3 is 1.76 bits per heavy atom. The van der Waals surface area contributed by atoms with E-state index in [0.29, 0.717) is 0 Å². The van der Waals surface area contributed by atoms with Crippen molar-refractivity contribution in [1.29, 1.82) is 0 Å². The number of carboxylic acids is 2. The first-order chi connectivity index (χ1) is 7.30. The highest BCUT2D eigenvalue weighted by Crippen LogP contribution is 2.11. The predicted octanol–water partition coefficient (Wildman–Crippen LogP) is -0.756. The highest BCUT2D eigenvalue weighted by molar-refractivity contribution is 5.76. The zero-order chi connectivity index (χ0) is 14.4. The van der Waals surface area contributed by atoms with Crippen LogP contribution in [0.3, 0.4) is 0 Å². The fourth-order valence-corrected chi connectivity index (χ4v) is 0.499. The molecule has 0 aliphatic heterocycles. The minimum absolute atomic E-state index is 0.234. The van der Waals surface area contributed by atoms with Crippen LogP contribution in [0, 0.1) is 0 Å². The number of quaternary nitrogens is 1. The second-order valence-electron chi connectivity index (χ2n) is 3.35. The van der Waals surface area contributed by atoms with E-state index in [2.05, 4.69) is 12.3 Å². The highest BCUT2D eigenvalue weighted by atomic mass is 19.4. The van der Waals surface area contributed by atoms with E-state index in [0.717, 1.165) is 0 Å². The van der Waals surface area contributed by atoms with Gasteiger partial charge < -0.3 is 20.7 Å². The Balaban J connectivity index is 0. The van der Waals surface area contributed by atoms with Crippen LogP contribution >= 0.6 is 0 Å². The molecule has 100 valence electrons. The molecule has 0 aromatic rings. The van der Waals surface area contributed by atoms with Crippen molar-refractivity contribution in [2.45, 2.75) is 25.1 Å². The second kappa shape index (κ2) is 6.18. The topological polar surface area (TPSA) is 105 Å². The van der Waals surface area contributed by atoms with Crippen molar-refractivity contribution in [3.8, 4) is 0 Å². The Morgan fingerprint density at radius 2 is 1.71 bits per heavy atom. The van der Waals surface area contributed by atoms with Crippen LogP contribution in [-0.4, -0.2) is 28.8 Å². The molecule has 0 aliphatic carbocycles. The van der Waals surface area contributed by atoms with Gasteiger partial charge in [0.2, 0.25) is 0 Å². The maximum Gasteiger partial charge on any atom is 0.430 e. The number of hydrogen-bond acceptors (Lipinski definition) is 3. The summed E-state index contributed by atoms with van der Waals surface area (Å²) in [4.78, 5) is 19.1. The standard InChI is InChI=1S/C6H10FNO2.C2HF3O2/c1-4(7)3-6(2,8)5(9)10;3-2(4,5)1(6)7/h1,3,8H2,2H3,(H,9,10);(H,6,7). The quantitative estimate of drug-likeness (QED) is 0.651. The summed E-state index contributed by atoms with van der Waals surface area (Å²) in [6, 6.07) is 0. The van der Waals surface area contributed by atoms with E-state index >= 15 is 0 Å². The predicted molar refractivity (Wildman–Crippen MR) is 44.9 cm³/mol. The van der Waals surface area contributed by atoms with E-state index in [1.165, 1.54) is 6.92 Å². The van der Waals surface area contributed by atoms with Crippen LogP contribution < -0.4 is 10.8 Å². The number of carboxylic acid groups (broad SMARTS) is 2. The molecule has 0 amide bonds. The number of rotatable bonds is 3. The first-order valence-corrected chi connectivity index (χ1v) is 4.01. The molecule has 0 saturated heterocycles. The molecule has 0 aliphatic rings. The molecule has 0 rings (SSSR count). The molecule has 0 aromatic heterocycles. The van der Waals surface area contributed by atoms with Crippen LogP contribution in [0.2, 0.25) is 0 Å². The molecule has 9 heteroatoms. The molecule has 17 heavy (non-hydrogen) atoms. The van der Waals surface area contributed by atoms with Gasteiger partial charge in [-0.25, -0.2) is 9.18 Å². The van der Waals surface area contributed by atoms with E-state index in [1.54, 1.807) is 0 Å². The lowest BCUT2D eigenvalue weighted by molar-refractivity contribution is -0.456. The highest BCUT2D eigenvalue weighted by Gasteiger charge is 2.33. The molecule has 0 heterocycles. The van der Waals surface area contributed by atoms with Gasteiger partial charge in [0, 0.05) is 6.92 Å². The van der Waals surface area contributed by atoms with E-state index in [1.807, 2.05) is 0 Å². The van der Waals surface area contributed by atoms with E-state index in [-0.39, 0.29) is 6.42 Å². The van der Waals surface area contributed by atoms with Crippen molar-refractivity contribution in [2.24, 2.45) is 0 Å². The van der Waals surface area contributed by atoms with Crippen molar-refractivity contribution in [3.63, 3.8) is 0 Å². The van der Waals surface area contributed by atoms with Crippen molar-refractivity contribution in [3.05, 3.63) is 12.4 Å². The molecule has 0 bridgehead atoms. The lowest BCUT2D eigenvalue weighted by Gasteiger charge is -2.12. The third-order valence-electron chi connectivity index (χ3n) is 1.33. The maximum absolute atomic E-state index is 12.1. The van der Waals surface area contributed by atoms with E-state index in [4.69, 9.17) is 15.0 Å². The van der Waals surface area contributed by atoms with Gasteiger partial charge in [0.05, 0.1) is 12.2 Å². The Labute approximate surface area is 93.5 Å². The van der Waals surface area contributed by atoms with E-state index in [9.17, 15) is 22.4 Å². The van der Waals surface area contributed by atoms with Crippen LogP contribution in [0.4, 0.5) is 17.6 Å². The van der Waals surface area contributed by atoms with Gasteiger partial charge in [0.1, 0.15) is 5.97 Å². The first kappa shape index (κ1) is 17.7. The molecular formula is C8H11F4NO4. The Morgan fingerprint density at radius 1 is 1.41 bits per heavy atom. The van der Waals surface area contributed by atoms with Crippen LogP contribution in [0.1, 0.15) is 13.3 Å². The fourth-order valence-electron chi connectivity index (χ4n) is 0.499. The molecular weight excluding hydrogens is 250 g/mol. The largest absolute Gasteiger partial charge is 0.542 e. The summed E-state index contributed by atoms with van der Waals surface area (Å²) in [5.41, 5.74) is 2.02. The summed E-state index contributed by atoms with van der Waals surface area (Å²) < 4.78 is 43.6. The number of carbonyl (C=O) groups is 2. The van der Waals surface area contributed by atoms with E-state index < -0.39 is 29.5 Å². The number of alkyl halides is 3. The maximum atomic E-state index is 12.1. The number of aliphatic carboxylic acids is 2. The molecule has 0 aromatic carbocycles. The average Bonchev–Trinajstić information content (AvgIpc) is 1.99. The van der Waals surface area contributed by atoms with Gasteiger partial charge in [0.15, 0.2) is 5.54 Å². The summed E-state index contributed by atoms with van der Waals surface area (Å²) in [5, 5.41) is 17.2. The van der Waals surface area contributed by atoms with Gasteiger partial charge in [-0.05, 0) is 0 Å². The smallest absolute Gasteiger partial charge is 0.430 e. The molecule has 1 unspecified atom stereocenters. The first-order valence-electron chi connectivity index (χ1n) is 4.01. The van der Waals surface area contributed by atoms with Crippen LogP contribution in [0.25, 0.3) is 0 Å². The van der Waals surface area contributed by atoms with Crippen molar-refractivity contribution >= 4 is 11.9 Å². The van der Waals surface area contributed by atoms with Crippen molar-refractivity contribution < 1.29 is 43.1 Å². The van der Waals surface area contributed by atoms with Gasteiger partial charge in [-0.1, -0.05) is 6.58 Å². The SMILES string of the molecule is C=C(F)CC(C)([NH3+])C(=O)O.O=C([O-])C(F)(F)F. The number of halogens is 4. The number of carbonyl (C=O) groups excluding carboxylic acids is 1. The van der Waals surface area contributed by atoms with Gasteiger partial charge in [-0.3, -0.25) is 0 Å². The van der Waals surface area contributed by atoms with Crippen LogP contribution in [0.15, 0.2) is 12.4 Å². The van der Waals surface area contributed by atoms with Crippen LogP contribution in [-0.2, 0) is 9.59 Å². The summed E-state index contributed by atoms with van der Waals surface area (Å²) in [5.74, 6) is -4.78. The third-order valence-corrected chi connectivity index (χ3v) is 1.33. The lowest BCUT2D eigenvalue weighted by Crippen LogP contribution is -2.75. The molecule has 1 atom stereocenters. The Bertz CT molecular complexity index is 311. The average molecular weight is 261 g/mol. The third kappa shape index (κ3) is 9.30. The van der Waals surface area contributed by atoms with Gasteiger partial charge in [-0.15, -0.1) is 0 Å².